The molecule has 5 heteroatoms. The fraction of sp³-hybridized carbons (Fsp3) is 0.533. The molecule has 1 N–H and O–H groups in total. The number of hydrogen-bond donors (Lipinski definition) is 1. The Hall–Kier alpha value is -1.75. The minimum atomic E-state index is 0.337. The van der Waals surface area contributed by atoms with Crippen molar-refractivity contribution < 1.29 is 4.52 Å². The Bertz CT molecular complexity index is 557. The van der Waals surface area contributed by atoms with E-state index in [2.05, 4.69) is 34.3 Å². The first-order chi connectivity index (χ1) is 9.49. The monoisotopic (exact) mass is 274 g/mol. The molecule has 0 aromatic carbocycles. The largest absolute Gasteiger partial charge is 0.339 e. The third-order valence-electron chi connectivity index (χ3n) is 3.38. The fourth-order valence-corrected chi connectivity index (χ4v) is 2.28. The number of rotatable bonds is 5. The predicted octanol–water partition coefficient (Wildman–Crippen LogP) is 2.53. The van der Waals surface area contributed by atoms with Gasteiger partial charge in [-0.1, -0.05) is 19.0 Å². The molecular weight excluding hydrogens is 252 g/mol. The maximum absolute atomic E-state index is 5.36. The van der Waals surface area contributed by atoms with E-state index < -0.39 is 0 Å². The van der Waals surface area contributed by atoms with Crippen LogP contribution in [0.25, 0.3) is 11.4 Å². The fourth-order valence-electron chi connectivity index (χ4n) is 2.28. The molecule has 2 aromatic rings. The smallest absolute Gasteiger partial charge is 0.228 e. The summed E-state index contributed by atoms with van der Waals surface area (Å²) >= 11 is 0. The molecule has 2 rings (SSSR count). The van der Waals surface area contributed by atoms with E-state index in [-0.39, 0.29) is 0 Å². The van der Waals surface area contributed by atoms with Crippen LogP contribution in [0.1, 0.15) is 31.1 Å². The van der Waals surface area contributed by atoms with E-state index in [9.17, 15) is 0 Å². The van der Waals surface area contributed by atoms with E-state index in [1.807, 2.05) is 33.0 Å². The average Bonchev–Trinajstić information content (AvgIpc) is 2.83. The molecule has 2 aromatic heterocycles. The van der Waals surface area contributed by atoms with Crippen molar-refractivity contribution in [2.45, 2.75) is 40.2 Å². The number of nitrogens with one attached hydrogen (secondary N) is 1. The zero-order valence-corrected chi connectivity index (χ0v) is 12.8. The van der Waals surface area contributed by atoms with Crippen molar-refractivity contribution in [2.24, 2.45) is 5.92 Å². The number of nitrogens with zero attached hydrogens (tertiary/aromatic N) is 3. The van der Waals surface area contributed by atoms with Gasteiger partial charge in [0, 0.05) is 29.4 Å². The molecule has 0 radical (unpaired) electrons. The van der Waals surface area contributed by atoms with E-state index in [1.54, 1.807) is 0 Å². The lowest BCUT2D eigenvalue weighted by molar-refractivity contribution is 0.335. The van der Waals surface area contributed by atoms with Crippen LogP contribution in [0, 0.1) is 19.8 Å². The molecule has 0 saturated heterocycles. The lowest BCUT2D eigenvalue weighted by Crippen LogP contribution is -2.32. The molecule has 0 aliphatic rings. The Morgan fingerprint density at radius 1 is 1.15 bits per heavy atom. The van der Waals surface area contributed by atoms with Crippen LogP contribution in [-0.2, 0) is 6.42 Å². The van der Waals surface area contributed by atoms with Gasteiger partial charge in [-0.2, -0.15) is 4.98 Å². The van der Waals surface area contributed by atoms with Gasteiger partial charge in [-0.15, -0.1) is 0 Å². The van der Waals surface area contributed by atoms with Gasteiger partial charge in [0.2, 0.25) is 11.7 Å². The van der Waals surface area contributed by atoms with Crippen LogP contribution in [0.4, 0.5) is 0 Å². The minimum Gasteiger partial charge on any atom is -0.339 e. The molecule has 1 unspecified atom stereocenters. The summed E-state index contributed by atoms with van der Waals surface area (Å²) in [7, 11) is 1.96. The molecule has 108 valence electrons. The van der Waals surface area contributed by atoms with Crippen LogP contribution in [0.2, 0.25) is 0 Å². The van der Waals surface area contributed by atoms with Crippen molar-refractivity contribution in [2.75, 3.05) is 7.05 Å². The first kappa shape index (κ1) is 14.7. The maximum Gasteiger partial charge on any atom is 0.228 e. The van der Waals surface area contributed by atoms with Gasteiger partial charge in [-0.05, 0) is 38.9 Å². The van der Waals surface area contributed by atoms with Crippen molar-refractivity contribution >= 4 is 0 Å². The van der Waals surface area contributed by atoms with Crippen molar-refractivity contribution in [3.63, 3.8) is 0 Å². The van der Waals surface area contributed by atoms with E-state index >= 15 is 0 Å². The molecule has 0 fully saturated rings. The summed E-state index contributed by atoms with van der Waals surface area (Å²) in [5, 5.41) is 7.35. The lowest BCUT2D eigenvalue weighted by Gasteiger charge is -2.17. The molecule has 0 amide bonds. The summed E-state index contributed by atoms with van der Waals surface area (Å²) in [5.41, 5.74) is 2.87. The quantitative estimate of drug-likeness (QED) is 0.907. The normalized spacial score (nSPS) is 12.9. The standard InChI is InChI=1S/C15H22N4O/c1-9(2)13(16-5)8-14-18-15(19-20-14)12-6-10(3)17-11(4)7-12/h6-7,9,13,16H,8H2,1-5H3. The van der Waals surface area contributed by atoms with Crippen molar-refractivity contribution in [3.05, 3.63) is 29.4 Å². The Balaban J connectivity index is 2.20. The van der Waals surface area contributed by atoms with Crippen LogP contribution < -0.4 is 5.32 Å². The molecule has 5 nitrogen and oxygen atoms in total. The van der Waals surface area contributed by atoms with Gasteiger partial charge in [0.15, 0.2) is 0 Å². The van der Waals surface area contributed by atoms with Crippen molar-refractivity contribution in [3.8, 4) is 11.4 Å². The zero-order valence-electron chi connectivity index (χ0n) is 12.8. The highest BCUT2D eigenvalue weighted by molar-refractivity contribution is 5.55. The highest BCUT2D eigenvalue weighted by atomic mass is 16.5. The maximum atomic E-state index is 5.36. The summed E-state index contributed by atoms with van der Waals surface area (Å²) in [5.74, 6) is 1.81. The summed E-state index contributed by atoms with van der Waals surface area (Å²) in [6, 6.07) is 4.28. The summed E-state index contributed by atoms with van der Waals surface area (Å²) in [6.07, 6.45) is 0.740. The van der Waals surface area contributed by atoms with Crippen molar-refractivity contribution in [1.29, 1.82) is 0 Å². The lowest BCUT2D eigenvalue weighted by atomic mass is 10.0. The number of aryl methyl sites for hydroxylation is 2. The Kier molecular flexibility index (Phi) is 4.49. The van der Waals surface area contributed by atoms with Gasteiger partial charge < -0.3 is 9.84 Å². The van der Waals surface area contributed by atoms with E-state index in [0.717, 1.165) is 23.4 Å². The molecule has 0 aliphatic heterocycles. The second-order valence-electron chi connectivity index (χ2n) is 5.49. The van der Waals surface area contributed by atoms with Gasteiger partial charge in [0.25, 0.3) is 0 Å². The third-order valence-corrected chi connectivity index (χ3v) is 3.38. The highest BCUT2D eigenvalue weighted by Gasteiger charge is 2.17. The summed E-state index contributed by atoms with van der Waals surface area (Å²) in [4.78, 5) is 8.84. The Labute approximate surface area is 119 Å². The molecule has 0 bridgehead atoms. The first-order valence-corrected chi connectivity index (χ1v) is 6.95. The highest BCUT2D eigenvalue weighted by Crippen LogP contribution is 2.18. The Morgan fingerprint density at radius 2 is 1.80 bits per heavy atom. The second kappa shape index (κ2) is 6.13. The topological polar surface area (TPSA) is 63.8 Å². The summed E-state index contributed by atoms with van der Waals surface area (Å²) < 4.78 is 5.36. The molecule has 1 atom stereocenters. The van der Waals surface area contributed by atoms with E-state index in [1.165, 1.54) is 0 Å². The van der Waals surface area contributed by atoms with Gasteiger partial charge in [0.05, 0.1) is 0 Å². The van der Waals surface area contributed by atoms with E-state index in [0.29, 0.717) is 23.7 Å². The third kappa shape index (κ3) is 3.42. The minimum absolute atomic E-state index is 0.337. The van der Waals surface area contributed by atoms with Crippen LogP contribution >= 0.6 is 0 Å². The van der Waals surface area contributed by atoms with Gasteiger partial charge in [0.1, 0.15) is 0 Å². The molecule has 2 heterocycles. The van der Waals surface area contributed by atoms with Gasteiger partial charge in [-0.25, -0.2) is 0 Å². The first-order valence-electron chi connectivity index (χ1n) is 6.95. The SMILES string of the molecule is CNC(Cc1nc(-c2cc(C)nc(C)c2)no1)C(C)C. The summed E-state index contributed by atoms with van der Waals surface area (Å²) in [6.45, 7) is 8.28. The Morgan fingerprint density at radius 3 is 2.35 bits per heavy atom. The van der Waals surface area contributed by atoms with Gasteiger partial charge >= 0.3 is 0 Å². The van der Waals surface area contributed by atoms with Crippen molar-refractivity contribution in [1.82, 2.24) is 20.4 Å². The van der Waals surface area contributed by atoms with Crippen LogP contribution in [-0.4, -0.2) is 28.2 Å². The number of pyridine rings is 1. The van der Waals surface area contributed by atoms with Crippen LogP contribution in [0.3, 0.4) is 0 Å². The predicted molar refractivity (Wildman–Crippen MR) is 78.4 cm³/mol. The van der Waals surface area contributed by atoms with Gasteiger partial charge in [-0.3, -0.25) is 4.98 Å². The molecule has 20 heavy (non-hydrogen) atoms. The van der Waals surface area contributed by atoms with Crippen LogP contribution in [0.15, 0.2) is 16.7 Å². The van der Waals surface area contributed by atoms with Crippen LogP contribution in [0.5, 0.6) is 0 Å². The molecule has 0 spiro atoms. The number of likely N-dealkylation sites (N-methyl/N-ethyl adjacent to an activating group) is 1. The molecular formula is C15H22N4O. The number of aromatic nitrogens is 3. The zero-order chi connectivity index (χ0) is 14.7. The molecule has 0 aliphatic carbocycles. The average molecular weight is 274 g/mol. The number of hydrogen-bond acceptors (Lipinski definition) is 5. The molecule has 0 saturated carbocycles. The van der Waals surface area contributed by atoms with E-state index in [4.69, 9.17) is 4.52 Å². The second-order valence-corrected chi connectivity index (χ2v) is 5.49.